The number of carbonyl (C=O) groups is 1. The Kier molecular flexibility index (Phi) is 2.08. The summed E-state index contributed by atoms with van der Waals surface area (Å²) in [6, 6.07) is 1.66. The summed E-state index contributed by atoms with van der Waals surface area (Å²) in [5, 5.41) is 3.62. The van der Waals surface area contributed by atoms with E-state index in [-0.39, 0.29) is 11.7 Å². The third-order valence-corrected chi connectivity index (χ3v) is 1.40. The van der Waals surface area contributed by atoms with Gasteiger partial charge >= 0.3 is 0 Å². The first kappa shape index (κ1) is 7.98. The minimum absolute atomic E-state index is 0.00519. The predicted molar refractivity (Wildman–Crippen MR) is 40.4 cm³/mol. The second kappa shape index (κ2) is 2.86. The molecule has 0 saturated carbocycles. The van der Waals surface area contributed by atoms with Gasteiger partial charge in [0.1, 0.15) is 0 Å². The first-order chi connectivity index (χ1) is 5.11. The van der Waals surface area contributed by atoms with E-state index in [1.807, 2.05) is 13.8 Å². The molecule has 0 amide bonds. The lowest BCUT2D eigenvalue weighted by molar-refractivity contribution is 0.0902. The molecule has 0 radical (unpaired) electrons. The SMILES string of the molecule is Cc1cc(C(=O)C(C)C)on1. The molecule has 1 aromatic rings. The fourth-order valence-corrected chi connectivity index (χ4v) is 0.764. The van der Waals surface area contributed by atoms with Crippen molar-refractivity contribution in [3.05, 3.63) is 17.5 Å². The summed E-state index contributed by atoms with van der Waals surface area (Å²) in [6.07, 6.45) is 0. The van der Waals surface area contributed by atoms with Gasteiger partial charge in [0.25, 0.3) is 0 Å². The summed E-state index contributed by atoms with van der Waals surface area (Å²) in [5.74, 6) is 0.338. The highest BCUT2D eigenvalue weighted by molar-refractivity contribution is 5.94. The van der Waals surface area contributed by atoms with E-state index in [0.29, 0.717) is 5.76 Å². The van der Waals surface area contributed by atoms with Gasteiger partial charge in [-0.15, -0.1) is 0 Å². The Morgan fingerprint density at radius 1 is 1.64 bits per heavy atom. The summed E-state index contributed by atoms with van der Waals surface area (Å²) >= 11 is 0. The number of aryl methyl sites for hydroxylation is 1. The lowest BCUT2D eigenvalue weighted by Gasteiger charge is -1.96. The zero-order valence-corrected chi connectivity index (χ0v) is 6.92. The second-order valence-corrected chi connectivity index (χ2v) is 2.85. The van der Waals surface area contributed by atoms with E-state index in [2.05, 4.69) is 5.16 Å². The Balaban J connectivity index is 2.85. The molecule has 0 unspecified atom stereocenters. The average Bonchev–Trinajstić information content (AvgIpc) is 2.34. The molecule has 1 aromatic heterocycles. The Labute approximate surface area is 65.4 Å². The maximum absolute atomic E-state index is 11.2. The highest BCUT2D eigenvalue weighted by Crippen LogP contribution is 2.08. The molecule has 3 nitrogen and oxygen atoms in total. The minimum atomic E-state index is -0.0256. The fraction of sp³-hybridized carbons (Fsp3) is 0.500. The normalized spacial score (nSPS) is 10.5. The standard InChI is InChI=1S/C8H11NO2/c1-5(2)8(10)7-4-6(3)9-11-7/h4-5H,1-3H3. The zero-order chi connectivity index (χ0) is 8.43. The summed E-state index contributed by atoms with van der Waals surface area (Å²) in [7, 11) is 0. The van der Waals surface area contributed by atoms with Crippen LogP contribution >= 0.6 is 0 Å². The van der Waals surface area contributed by atoms with Crippen molar-refractivity contribution in [2.75, 3.05) is 0 Å². The first-order valence-electron chi connectivity index (χ1n) is 3.59. The van der Waals surface area contributed by atoms with Crippen molar-refractivity contribution in [1.29, 1.82) is 0 Å². The number of carbonyl (C=O) groups excluding carboxylic acids is 1. The molecule has 0 saturated heterocycles. The second-order valence-electron chi connectivity index (χ2n) is 2.85. The average molecular weight is 153 g/mol. The number of ketones is 1. The van der Waals surface area contributed by atoms with E-state index in [9.17, 15) is 4.79 Å². The highest BCUT2D eigenvalue weighted by Gasteiger charge is 2.14. The van der Waals surface area contributed by atoms with Gasteiger partial charge in [-0.2, -0.15) is 0 Å². The van der Waals surface area contributed by atoms with E-state index < -0.39 is 0 Å². The van der Waals surface area contributed by atoms with Gasteiger partial charge in [0.05, 0.1) is 5.69 Å². The molecule has 0 spiro atoms. The maximum atomic E-state index is 11.2. The van der Waals surface area contributed by atoms with Crippen LogP contribution in [0.4, 0.5) is 0 Å². The van der Waals surface area contributed by atoms with E-state index in [4.69, 9.17) is 4.52 Å². The molecular weight excluding hydrogens is 142 g/mol. The van der Waals surface area contributed by atoms with Crippen molar-refractivity contribution in [2.24, 2.45) is 5.92 Å². The van der Waals surface area contributed by atoms with Gasteiger partial charge in [0.2, 0.25) is 11.5 Å². The molecule has 0 fully saturated rings. The van der Waals surface area contributed by atoms with Gasteiger partial charge in [-0.05, 0) is 6.92 Å². The highest BCUT2D eigenvalue weighted by atomic mass is 16.5. The number of hydrogen-bond donors (Lipinski definition) is 0. The van der Waals surface area contributed by atoms with Gasteiger partial charge in [-0.1, -0.05) is 19.0 Å². The van der Waals surface area contributed by atoms with Crippen LogP contribution < -0.4 is 0 Å². The quantitative estimate of drug-likeness (QED) is 0.608. The fourth-order valence-electron chi connectivity index (χ4n) is 0.764. The molecule has 0 bridgehead atoms. The monoisotopic (exact) mass is 153 g/mol. The third kappa shape index (κ3) is 1.67. The molecule has 3 heteroatoms. The van der Waals surface area contributed by atoms with Gasteiger partial charge in [0, 0.05) is 12.0 Å². The van der Waals surface area contributed by atoms with Crippen molar-refractivity contribution in [1.82, 2.24) is 5.16 Å². The van der Waals surface area contributed by atoms with Crippen molar-refractivity contribution in [3.8, 4) is 0 Å². The third-order valence-electron chi connectivity index (χ3n) is 1.40. The zero-order valence-electron chi connectivity index (χ0n) is 6.92. The predicted octanol–water partition coefficient (Wildman–Crippen LogP) is 1.82. The van der Waals surface area contributed by atoms with E-state index in [1.165, 1.54) is 0 Å². The van der Waals surface area contributed by atoms with Gasteiger partial charge in [-0.3, -0.25) is 4.79 Å². The van der Waals surface area contributed by atoms with Crippen LogP contribution in [0, 0.1) is 12.8 Å². The smallest absolute Gasteiger partial charge is 0.203 e. The molecule has 0 aliphatic carbocycles. The molecular formula is C8H11NO2. The van der Waals surface area contributed by atoms with Crippen LogP contribution in [0.2, 0.25) is 0 Å². The van der Waals surface area contributed by atoms with Crippen LogP contribution in [0.3, 0.4) is 0 Å². The minimum Gasteiger partial charge on any atom is -0.353 e. The molecule has 11 heavy (non-hydrogen) atoms. The molecule has 0 aliphatic heterocycles. The van der Waals surface area contributed by atoms with Crippen molar-refractivity contribution >= 4 is 5.78 Å². The summed E-state index contributed by atoms with van der Waals surface area (Å²) in [4.78, 5) is 11.2. The number of nitrogens with zero attached hydrogens (tertiary/aromatic N) is 1. The summed E-state index contributed by atoms with van der Waals surface area (Å²) in [5.41, 5.74) is 0.744. The van der Waals surface area contributed by atoms with E-state index >= 15 is 0 Å². The lowest BCUT2D eigenvalue weighted by Crippen LogP contribution is -2.05. The number of hydrogen-bond acceptors (Lipinski definition) is 3. The van der Waals surface area contributed by atoms with Gasteiger partial charge < -0.3 is 4.52 Å². The first-order valence-corrected chi connectivity index (χ1v) is 3.59. The van der Waals surface area contributed by atoms with Crippen LogP contribution in [0.25, 0.3) is 0 Å². The van der Waals surface area contributed by atoms with Crippen molar-refractivity contribution in [3.63, 3.8) is 0 Å². The topological polar surface area (TPSA) is 43.1 Å². The molecule has 0 aromatic carbocycles. The summed E-state index contributed by atoms with van der Waals surface area (Å²) in [6.45, 7) is 5.46. The van der Waals surface area contributed by atoms with Crippen LogP contribution in [0.5, 0.6) is 0 Å². The van der Waals surface area contributed by atoms with Crippen LogP contribution in [-0.4, -0.2) is 10.9 Å². The maximum Gasteiger partial charge on any atom is 0.203 e. The Hall–Kier alpha value is -1.12. The Morgan fingerprint density at radius 2 is 2.27 bits per heavy atom. The van der Waals surface area contributed by atoms with Gasteiger partial charge in [-0.25, -0.2) is 0 Å². The van der Waals surface area contributed by atoms with Gasteiger partial charge in [0.15, 0.2) is 0 Å². The molecule has 0 N–H and O–H groups in total. The summed E-state index contributed by atoms with van der Waals surface area (Å²) < 4.78 is 4.79. The van der Waals surface area contributed by atoms with Crippen LogP contribution in [0.1, 0.15) is 30.1 Å². The number of aromatic nitrogens is 1. The van der Waals surface area contributed by atoms with Crippen molar-refractivity contribution in [2.45, 2.75) is 20.8 Å². The largest absolute Gasteiger partial charge is 0.353 e. The Morgan fingerprint density at radius 3 is 2.64 bits per heavy atom. The molecule has 1 heterocycles. The van der Waals surface area contributed by atoms with Crippen LogP contribution in [0.15, 0.2) is 10.6 Å². The molecule has 1 rings (SSSR count). The number of Topliss-reactive ketones (excluding diaryl/α,β-unsaturated/α-hetero) is 1. The molecule has 0 atom stereocenters. The van der Waals surface area contributed by atoms with E-state index in [1.54, 1.807) is 13.0 Å². The molecule has 60 valence electrons. The van der Waals surface area contributed by atoms with E-state index in [0.717, 1.165) is 5.69 Å². The molecule has 0 aliphatic rings. The number of rotatable bonds is 2. The van der Waals surface area contributed by atoms with Crippen LogP contribution in [-0.2, 0) is 0 Å². The lowest BCUT2D eigenvalue weighted by atomic mass is 10.1. The Bertz CT molecular complexity index is 263. The van der Waals surface area contributed by atoms with Crippen molar-refractivity contribution < 1.29 is 9.32 Å².